The molecule has 2 aromatic carbocycles. The molecule has 2 rings (SSSR count). The zero-order chi connectivity index (χ0) is 22.1. The number of hydrogen-bond donors (Lipinski definition) is 2. The molecule has 2 N–H and O–H groups in total. The minimum Gasteiger partial charge on any atom is -0.465 e. The number of benzene rings is 2. The van der Waals surface area contributed by atoms with Crippen LogP contribution < -0.4 is 10.6 Å². The predicted molar refractivity (Wildman–Crippen MR) is 110 cm³/mol. The van der Waals surface area contributed by atoms with E-state index in [-0.39, 0.29) is 12.3 Å². The summed E-state index contributed by atoms with van der Waals surface area (Å²) in [6.07, 6.45) is -0.107. The van der Waals surface area contributed by atoms with Crippen molar-refractivity contribution in [1.82, 2.24) is 5.32 Å². The zero-order valence-corrected chi connectivity index (χ0v) is 17.1. The van der Waals surface area contributed by atoms with Gasteiger partial charge in [0, 0.05) is 12.6 Å². The van der Waals surface area contributed by atoms with Gasteiger partial charge < -0.3 is 20.1 Å². The van der Waals surface area contributed by atoms with Gasteiger partial charge in [0.05, 0.1) is 25.1 Å². The number of aryl methyl sites for hydroxylation is 1. The summed E-state index contributed by atoms with van der Waals surface area (Å²) in [4.78, 5) is 47.1. The number of rotatable bonds is 8. The molecule has 0 aromatic heterocycles. The molecule has 0 aliphatic rings. The largest absolute Gasteiger partial charge is 0.465 e. The minimum atomic E-state index is -0.620. The topological polar surface area (TPSA) is 111 Å². The van der Waals surface area contributed by atoms with Gasteiger partial charge >= 0.3 is 11.9 Å². The third kappa shape index (κ3) is 7.05. The summed E-state index contributed by atoms with van der Waals surface area (Å²) >= 11 is 0. The Morgan fingerprint density at radius 1 is 0.967 bits per heavy atom. The van der Waals surface area contributed by atoms with Gasteiger partial charge in [0.15, 0.2) is 6.61 Å². The fourth-order valence-corrected chi connectivity index (χ4v) is 2.67. The highest BCUT2D eigenvalue weighted by Gasteiger charge is 2.19. The number of carbonyl (C=O) groups excluding carboxylic acids is 4. The van der Waals surface area contributed by atoms with E-state index in [2.05, 4.69) is 15.4 Å². The Labute approximate surface area is 174 Å². The van der Waals surface area contributed by atoms with Crippen molar-refractivity contribution in [3.8, 4) is 0 Å². The van der Waals surface area contributed by atoms with E-state index in [4.69, 9.17) is 4.74 Å². The van der Waals surface area contributed by atoms with Crippen LogP contribution >= 0.6 is 0 Å². The van der Waals surface area contributed by atoms with Crippen molar-refractivity contribution in [2.24, 2.45) is 0 Å². The van der Waals surface area contributed by atoms with Crippen LogP contribution in [0.4, 0.5) is 5.69 Å². The highest BCUT2D eigenvalue weighted by atomic mass is 16.5. The van der Waals surface area contributed by atoms with Gasteiger partial charge in [0.1, 0.15) is 0 Å². The maximum absolute atomic E-state index is 12.2. The SMILES string of the molecule is COC(=O)c1ccc(NC(=O)COC(=O)CC(NC(C)=O)c2ccc(C)cc2)cc1. The fraction of sp³-hybridized carbons (Fsp3) is 0.273. The first-order chi connectivity index (χ1) is 14.3. The molecule has 0 radical (unpaired) electrons. The molecule has 30 heavy (non-hydrogen) atoms. The first-order valence-electron chi connectivity index (χ1n) is 9.26. The quantitative estimate of drug-likeness (QED) is 0.645. The van der Waals surface area contributed by atoms with Crippen LogP contribution in [0.3, 0.4) is 0 Å². The van der Waals surface area contributed by atoms with E-state index in [9.17, 15) is 19.2 Å². The summed E-state index contributed by atoms with van der Waals surface area (Å²) in [5.41, 5.74) is 2.61. The molecule has 0 heterocycles. The van der Waals surface area contributed by atoms with Crippen molar-refractivity contribution >= 4 is 29.4 Å². The zero-order valence-electron chi connectivity index (χ0n) is 17.1. The molecule has 0 saturated heterocycles. The van der Waals surface area contributed by atoms with Gasteiger partial charge in [-0.15, -0.1) is 0 Å². The Morgan fingerprint density at radius 3 is 2.17 bits per heavy atom. The second-order valence-corrected chi connectivity index (χ2v) is 6.65. The number of anilines is 1. The molecule has 1 atom stereocenters. The number of carbonyl (C=O) groups is 4. The molecule has 158 valence electrons. The van der Waals surface area contributed by atoms with Gasteiger partial charge in [0.25, 0.3) is 5.91 Å². The monoisotopic (exact) mass is 412 g/mol. The van der Waals surface area contributed by atoms with E-state index < -0.39 is 30.5 Å². The summed E-state index contributed by atoms with van der Waals surface area (Å²) in [5, 5.41) is 5.28. The highest BCUT2D eigenvalue weighted by molar-refractivity contribution is 5.94. The summed E-state index contributed by atoms with van der Waals surface area (Å²) in [7, 11) is 1.28. The third-order valence-electron chi connectivity index (χ3n) is 4.18. The number of ether oxygens (including phenoxy) is 2. The highest BCUT2D eigenvalue weighted by Crippen LogP contribution is 2.18. The van der Waals surface area contributed by atoms with Crippen LogP contribution in [0.2, 0.25) is 0 Å². The minimum absolute atomic E-state index is 0.107. The average Bonchev–Trinajstić information content (AvgIpc) is 2.72. The second kappa shape index (κ2) is 10.8. The summed E-state index contributed by atoms with van der Waals surface area (Å²) in [6.45, 7) is 2.83. The Morgan fingerprint density at radius 2 is 1.60 bits per heavy atom. The summed E-state index contributed by atoms with van der Waals surface area (Å²) < 4.78 is 9.64. The molecule has 0 fully saturated rings. The van der Waals surface area contributed by atoms with Gasteiger partial charge in [-0.2, -0.15) is 0 Å². The summed E-state index contributed by atoms with van der Waals surface area (Å²) in [5.74, 6) is -1.91. The number of nitrogens with one attached hydrogen (secondary N) is 2. The molecule has 1 unspecified atom stereocenters. The molecular weight excluding hydrogens is 388 g/mol. The summed E-state index contributed by atoms with van der Waals surface area (Å²) in [6, 6.07) is 13.0. The molecule has 8 heteroatoms. The van der Waals surface area contributed by atoms with Crippen LogP contribution in [-0.4, -0.2) is 37.5 Å². The van der Waals surface area contributed by atoms with E-state index in [0.717, 1.165) is 11.1 Å². The lowest BCUT2D eigenvalue weighted by molar-refractivity contribution is -0.148. The van der Waals surface area contributed by atoms with Gasteiger partial charge in [-0.05, 0) is 36.8 Å². The number of methoxy groups -OCH3 is 1. The lowest BCUT2D eigenvalue weighted by atomic mass is 10.0. The molecule has 2 amide bonds. The lowest BCUT2D eigenvalue weighted by Crippen LogP contribution is -2.29. The third-order valence-corrected chi connectivity index (χ3v) is 4.18. The van der Waals surface area contributed by atoms with E-state index in [1.54, 1.807) is 0 Å². The maximum atomic E-state index is 12.2. The van der Waals surface area contributed by atoms with Crippen molar-refractivity contribution in [3.63, 3.8) is 0 Å². The van der Waals surface area contributed by atoms with Crippen LogP contribution in [-0.2, 0) is 23.9 Å². The van der Waals surface area contributed by atoms with Crippen LogP contribution in [0.25, 0.3) is 0 Å². The smallest absolute Gasteiger partial charge is 0.337 e. The first-order valence-corrected chi connectivity index (χ1v) is 9.26. The van der Waals surface area contributed by atoms with Gasteiger partial charge in [-0.3, -0.25) is 14.4 Å². The van der Waals surface area contributed by atoms with Crippen molar-refractivity contribution in [1.29, 1.82) is 0 Å². The second-order valence-electron chi connectivity index (χ2n) is 6.65. The fourth-order valence-electron chi connectivity index (χ4n) is 2.67. The Bertz CT molecular complexity index is 906. The molecule has 0 saturated carbocycles. The Hall–Kier alpha value is -3.68. The molecule has 0 bridgehead atoms. The van der Waals surface area contributed by atoms with Gasteiger partial charge in [0.2, 0.25) is 5.91 Å². The first kappa shape index (κ1) is 22.6. The molecule has 8 nitrogen and oxygen atoms in total. The van der Waals surface area contributed by atoms with Crippen molar-refractivity contribution < 1.29 is 28.7 Å². The normalized spacial score (nSPS) is 11.2. The van der Waals surface area contributed by atoms with E-state index in [0.29, 0.717) is 11.3 Å². The number of hydrogen-bond acceptors (Lipinski definition) is 6. The predicted octanol–water partition coefficient (Wildman–Crippen LogP) is 2.53. The lowest BCUT2D eigenvalue weighted by Gasteiger charge is -2.18. The van der Waals surface area contributed by atoms with Crippen molar-refractivity contribution in [2.75, 3.05) is 19.0 Å². The van der Waals surface area contributed by atoms with Gasteiger partial charge in [-0.1, -0.05) is 29.8 Å². The standard InChI is InChI=1S/C22H24N2O6/c1-14-4-6-16(7-5-14)19(23-15(2)25)12-21(27)30-13-20(26)24-18-10-8-17(9-11-18)22(28)29-3/h4-11,19H,12-13H2,1-3H3,(H,23,25)(H,24,26). The van der Waals surface area contributed by atoms with Crippen LogP contribution in [0.5, 0.6) is 0 Å². The average molecular weight is 412 g/mol. The van der Waals surface area contributed by atoms with Crippen molar-refractivity contribution in [3.05, 3.63) is 65.2 Å². The number of esters is 2. The van der Waals surface area contributed by atoms with Crippen LogP contribution in [0, 0.1) is 6.92 Å². The van der Waals surface area contributed by atoms with E-state index in [1.807, 2.05) is 31.2 Å². The molecular formula is C22H24N2O6. The molecule has 0 aliphatic heterocycles. The molecule has 0 aliphatic carbocycles. The van der Waals surface area contributed by atoms with Crippen molar-refractivity contribution in [2.45, 2.75) is 26.3 Å². The van der Waals surface area contributed by atoms with E-state index >= 15 is 0 Å². The Kier molecular flexibility index (Phi) is 8.10. The molecule has 2 aromatic rings. The Balaban J connectivity index is 1.88. The van der Waals surface area contributed by atoms with Crippen LogP contribution in [0.1, 0.15) is 40.9 Å². The molecule has 0 spiro atoms. The van der Waals surface area contributed by atoms with Crippen LogP contribution in [0.15, 0.2) is 48.5 Å². The van der Waals surface area contributed by atoms with E-state index in [1.165, 1.54) is 38.3 Å². The van der Waals surface area contributed by atoms with Gasteiger partial charge in [-0.25, -0.2) is 4.79 Å². The number of amides is 2. The maximum Gasteiger partial charge on any atom is 0.337 e.